The molecule has 2 rings (SSSR count). The Kier molecular flexibility index (Phi) is 6.25. The summed E-state index contributed by atoms with van der Waals surface area (Å²) in [6.07, 6.45) is 0.225. The van der Waals surface area contributed by atoms with Gasteiger partial charge in [0.25, 0.3) is 0 Å². The average Bonchev–Trinajstić information content (AvgIpc) is 2.52. The number of thioether (sulfide) groups is 1. The quantitative estimate of drug-likeness (QED) is 0.720. The molecule has 5 heteroatoms. The summed E-state index contributed by atoms with van der Waals surface area (Å²) in [6, 6.07) is 14.5. The van der Waals surface area contributed by atoms with Crippen LogP contribution < -0.4 is 5.11 Å². The van der Waals surface area contributed by atoms with E-state index >= 15 is 0 Å². The molecule has 0 aliphatic rings. The molecule has 1 atom stereocenters. The molecular formula is C18H16ClO3S-. The summed E-state index contributed by atoms with van der Waals surface area (Å²) in [6.45, 7) is 1.96. The average molecular weight is 348 g/mol. The molecule has 2 aromatic rings. The molecule has 0 unspecified atom stereocenters. The Morgan fingerprint density at radius 2 is 1.70 bits per heavy atom. The van der Waals surface area contributed by atoms with E-state index in [2.05, 4.69) is 0 Å². The minimum Gasteiger partial charge on any atom is -0.549 e. The number of carbonyl (C=O) groups is 2. The third kappa shape index (κ3) is 5.41. The first kappa shape index (κ1) is 17.6. The lowest BCUT2D eigenvalue weighted by Crippen LogP contribution is -2.25. The number of ketones is 1. The van der Waals surface area contributed by atoms with Crippen molar-refractivity contribution in [2.24, 2.45) is 0 Å². The van der Waals surface area contributed by atoms with E-state index in [0.717, 1.165) is 11.1 Å². The van der Waals surface area contributed by atoms with Gasteiger partial charge in [0.2, 0.25) is 0 Å². The van der Waals surface area contributed by atoms with E-state index in [-0.39, 0.29) is 23.2 Å². The fourth-order valence-electron chi connectivity index (χ4n) is 2.14. The van der Waals surface area contributed by atoms with Crippen molar-refractivity contribution in [3.05, 3.63) is 70.2 Å². The van der Waals surface area contributed by atoms with Crippen LogP contribution >= 0.6 is 23.4 Å². The van der Waals surface area contributed by atoms with Crippen molar-refractivity contribution < 1.29 is 14.7 Å². The highest BCUT2D eigenvalue weighted by molar-refractivity contribution is 8.00. The number of aliphatic carboxylic acids is 1. The Balaban J connectivity index is 2.16. The number of Topliss-reactive ketones (excluding diaryl/α,β-unsaturated/α-hetero) is 1. The zero-order valence-electron chi connectivity index (χ0n) is 12.6. The lowest BCUT2D eigenvalue weighted by molar-refractivity contribution is -0.301. The second-order valence-electron chi connectivity index (χ2n) is 5.22. The van der Waals surface area contributed by atoms with Gasteiger partial charge in [-0.3, -0.25) is 4.79 Å². The van der Waals surface area contributed by atoms with Gasteiger partial charge in [0.05, 0.1) is 5.97 Å². The first-order chi connectivity index (χ1) is 11.0. The molecular weight excluding hydrogens is 332 g/mol. The number of carboxylic acid groups (broad SMARTS) is 1. The second kappa shape index (κ2) is 8.18. The van der Waals surface area contributed by atoms with E-state index < -0.39 is 5.97 Å². The highest BCUT2D eigenvalue weighted by Gasteiger charge is 2.18. The molecule has 2 aromatic carbocycles. The number of hydrogen-bond acceptors (Lipinski definition) is 4. The second-order valence-corrected chi connectivity index (χ2v) is 6.84. The third-order valence-corrected chi connectivity index (χ3v) is 4.88. The Morgan fingerprint density at radius 1 is 1.09 bits per heavy atom. The largest absolute Gasteiger partial charge is 0.549 e. The standard InChI is InChI=1S/C18H17ClO3S/c1-12-2-4-13(5-3-12)16(20)10-17(23-11-18(21)22)14-6-8-15(19)9-7-14/h2-9,17H,10-11H2,1H3,(H,21,22)/p-1/t17-/m1/s1. The Labute approximate surface area is 144 Å². The van der Waals surface area contributed by atoms with Gasteiger partial charge >= 0.3 is 0 Å². The first-order valence-electron chi connectivity index (χ1n) is 7.12. The fraction of sp³-hybridized carbons (Fsp3) is 0.222. The molecule has 0 saturated heterocycles. The predicted octanol–water partition coefficient (Wildman–Crippen LogP) is 3.45. The van der Waals surface area contributed by atoms with Gasteiger partial charge in [0.15, 0.2) is 5.78 Å². The topological polar surface area (TPSA) is 57.2 Å². The number of halogens is 1. The van der Waals surface area contributed by atoms with Gasteiger partial charge in [-0.2, -0.15) is 0 Å². The molecule has 0 amide bonds. The van der Waals surface area contributed by atoms with Gasteiger partial charge < -0.3 is 9.90 Å². The van der Waals surface area contributed by atoms with Crippen molar-refractivity contribution in [1.29, 1.82) is 0 Å². The summed E-state index contributed by atoms with van der Waals surface area (Å²) in [7, 11) is 0. The molecule has 0 aromatic heterocycles. The van der Waals surface area contributed by atoms with E-state index in [0.29, 0.717) is 10.6 Å². The van der Waals surface area contributed by atoms with Gasteiger partial charge in [-0.25, -0.2) is 0 Å². The van der Waals surface area contributed by atoms with Crippen LogP contribution in [0.5, 0.6) is 0 Å². The van der Waals surface area contributed by atoms with Crippen molar-refractivity contribution in [3.8, 4) is 0 Å². The SMILES string of the molecule is Cc1ccc(C(=O)C[C@@H](SCC(=O)[O-])c2ccc(Cl)cc2)cc1. The zero-order chi connectivity index (χ0) is 16.8. The van der Waals surface area contributed by atoms with Crippen molar-refractivity contribution in [2.45, 2.75) is 18.6 Å². The minimum absolute atomic E-state index is 0.0178. The summed E-state index contributed by atoms with van der Waals surface area (Å²) in [4.78, 5) is 23.2. The van der Waals surface area contributed by atoms with Crippen LogP contribution in [0.25, 0.3) is 0 Å². The van der Waals surface area contributed by atoms with Crippen LogP contribution in [-0.2, 0) is 4.79 Å². The van der Waals surface area contributed by atoms with Crippen LogP contribution in [0.4, 0.5) is 0 Å². The number of rotatable bonds is 7. The summed E-state index contributed by atoms with van der Waals surface area (Å²) >= 11 is 7.07. The summed E-state index contributed by atoms with van der Waals surface area (Å²) in [5.74, 6) is -1.32. The molecule has 0 bridgehead atoms. The minimum atomic E-state index is -1.14. The molecule has 0 spiro atoms. The molecule has 0 saturated carbocycles. The van der Waals surface area contributed by atoms with E-state index in [1.54, 1.807) is 24.3 Å². The maximum absolute atomic E-state index is 12.4. The number of aryl methyl sites for hydroxylation is 1. The van der Waals surface area contributed by atoms with E-state index in [1.807, 2.05) is 31.2 Å². The third-order valence-electron chi connectivity index (χ3n) is 3.39. The van der Waals surface area contributed by atoms with Gasteiger partial charge in [-0.05, 0) is 24.6 Å². The van der Waals surface area contributed by atoms with Gasteiger partial charge in [0, 0.05) is 28.0 Å². The van der Waals surface area contributed by atoms with Crippen molar-refractivity contribution in [2.75, 3.05) is 5.75 Å². The zero-order valence-corrected chi connectivity index (χ0v) is 14.2. The number of benzene rings is 2. The molecule has 0 aliphatic heterocycles. The fourth-order valence-corrected chi connectivity index (χ4v) is 3.23. The molecule has 0 heterocycles. The summed E-state index contributed by atoms with van der Waals surface area (Å²) < 4.78 is 0. The highest BCUT2D eigenvalue weighted by Crippen LogP contribution is 2.33. The normalized spacial score (nSPS) is 11.9. The van der Waals surface area contributed by atoms with Crippen molar-refractivity contribution in [1.82, 2.24) is 0 Å². The van der Waals surface area contributed by atoms with Crippen LogP contribution in [0, 0.1) is 6.92 Å². The molecule has 0 aliphatic carbocycles. The Bertz CT molecular complexity index is 680. The summed E-state index contributed by atoms with van der Waals surface area (Å²) in [5.41, 5.74) is 2.59. The maximum Gasteiger partial charge on any atom is 0.164 e. The number of carbonyl (C=O) groups excluding carboxylic acids is 2. The summed E-state index contributed by atoms with van der Waals surface area (Å²) in [5, 5.41) is 11.1. The van der Waals surface area contributed by atoms with Gasteiger partial charge in [0.1, 0.15) is 0 Å². The molecule has 0 fully saturated rings. The van der Waals surface area contributed by atoms with Gasteiger partial charge in [-0.15, -0.1) is 11.8 Å². The van der Waals surface area contributed by atoms with Gasteiger partial charge in [-0.1, -0.05) is 53.6 Å². The smallest absolute Gasteiger partial charge is 0.164 e. The Morgan fingerprint density at radius 3 is 2.26 bits per heavy atom. The van der Waals surface area contributed by atoms with E-state index in [4.69, 9.17) is 11.6 Å². The van der Waals surface area contributed by atoms with E-state index in [9.17, 15) is 14.7 Å². The van der Waals surface area contributed by atoms with Crippen LogP contribution in [0.3, 0.4) is 0 Å². The molecule has 23 heavy (non-hydrogen) atoms. The van der Waals surface area contributed by atoms with Crippen molar-refractivity contribution in [3.63, 3.8) is 0 Å². The number of carboxylic acids is 1. The highest BCUT2D eigenvalue weighted by atomic mass is 35.5. The molecule has 120 valence electrons. The van der Waals surface area contributed by atoms with Crippen LogP contribution in [0.2, 0.25) is 5.02 Å². The molecule has 0 radical (unpaired) electrons. The lowest BCUT2D eigenvalue weighted by Gasteiger charge is -2.17. The predicted molar refractivity (Wildman–Crippen MR) is 91.8 cm³/mol. The Hall–Kier alpha value is -1.78. The molecule has 3 nitrogen and oxygen atoms in total. The first-order valence-corrected chi connectivity index (χ1v) is 8.55. The van der Waals surface area contributed by atoms with E-state index in [1.165, 1.54) is 11.8 Å². The number of hydrogen-bond donors (Lipinski definition) is 0. The molecule has 0 N–H and O–H groups in total. The van der Waals surface area contributed by atoms with Crippen molar-refractivity contribution >= 4 is 35.1 Å². The van der Waals surface area contributed by atoms with Crippen LogP contribution in [0.15, 0.2) is 48.5 Å². The maximum atomic E-state index is 12.4. The van der Waals surface area contributed by atoms with Crippen LogP contribution in [-0.4, -0.2) is 17.5 Å². The lowest BCUT2D eigenvalue weighted by atomic mass is 10.0. The van der Waals surface area contributed by atoms with Crippen LogP contribution in [0.1, 0.15) is 33.2 Å². The monoisotopic (exact) mass is 347 g/mol.